The Labute approximate surface area is 164 Å². The van der Waals surface area contributed by atoms with Gasteiger partial charge in [0.25, 0.3) is 5.91 Å². The molecule has 4 nitrogen and oxygen atoms in total. The Hall–Kier alpha value is -3.27. The zero-order valence-corrected chi connectivity index (χ0v) is 15.6. The fourth-order valence-electron chi connectivity index (χ4n) is 3.74. The second-order valence-corrected chi connectivity index (χ2v) is 7.14. The fourth-order valence-corrected chi connectivity index (χ4v) is 3.74. The number of hydrogen-bond acceptors (Lipinski definition) is 3. The molecule has 1 aliphatic heterocycles. The predicted molar refractivity (Wildman–Crippen MR) is 109 cm³/mol. The molecule has 28 heavy (non-hydrogen) atoms. The van der Waals surface area contributed by atoms with E-state index in [2.05, 4.69) is 17.1 Å². The summed E-state index contributed by atoms with van der Waals surface area (Å²) in [5.74, 6) is -0.0923. The number of aromatic nitrogens is 1. The number of hydrogen-bond donors (Lipinski definition) is 0. The highest BCUT2D eigenvalue weighted by Gasteiger charge is 2.29. The predicted octanol–water partition coefficient (Wildman–Crippen LogP) is 4.48. The van der Waals surface area contributed by atoms with Gasteiger partial charge >= 0.3 is 0 Å². The maximum absolute atomic E-state index is 13.0. The van der Waals surface area contributed by atoms with Gasteiger partial charge in [-0.25, -0.2) is 0 Å². The van der Waals surface area contributed by atoms with Crippen molar-refractivity contribution < 1.29 is 9.59 Å². The van der Waals surface area contributed by atoms with Gasteiger partial charge in [-0.2, -0.15) is 0 Å². The van der Waals surface area contributed by atoms with Crippen LogP contribution in [0.15, 0.2) is 79.1 Å². The van der Waals surface area contributed by atoms with E-state index < -0.39 is 0 Å². The minimum Gasteiger partial charge on any atom is -0.338 e. The SMILES string of the molecule is O=C(c1ccc(-c2ccccc2)cc1)[C@H]1CCCN(C(=O)c2cccnc2)C1. The highest BCUT2D eigenvalue weighted by Crippen LogP contribution is 2.24. The van der Waals surface area contributed by atoms with Gasteiger partial charge in [-0.3, -0.25) is 14.6 Å². The zero-order chi connectivity index (χ0) is 19.3. The number of benzene rings is 2. The summed E-state index contributed by atoms with van der Waals surface area (Å²) in [5, 5.41) is 0. The Bertz CT molecular complexity index is 953. The molecule has 1 saturated heterocycles. The number of nitrogens with zero attached hydrogens (tertiary/aromatic N) is 2. The van der Waals surface area contributed by atoms with E-state index in [9.17, 15) is 9.59 Å². The molecule has 3 aromatic rings. The first-order valence-electron chi connectivity index (χ1n) is 9.61. The summed E-state index contributed by atoms with van der Waals surface area (Å²) in [6.45, 7) is 1.15. The Morgan fingerprint density at radius 1 is 0.857 bits per heavy atom. The van der Waals surface area contributed by atoms with E-state index in [1.54, 1.807) is 29.4 Å². The summed E-state index contributed by atoms with van der Waals surface area (Å²) in [6.07, 6.45) is 4.88. The number of Topliss-reactive ketones (excluding diaryl/α,β-unsaturated/α-hetero) is 1. The molecule has 1 aromatic heterocycles. The van der Waals surface area contributed by atoms with E-state index in [1.165, 1.54) is 0 Å². The van der Waals surface area contributed by atoms with E-state index in [0.717, 1.165) is 24.0 Å². The number of ketones is 1. The van der Waals surface area contributed by atoms with Crippen LogP contribution in [0.1, 0.15) is 33.6 Å². The Balaban J connectivity index is 1.46. The van der Waals surface area contributed by atoms with Crippen molar-refractivity contribution in [3.05, 3.63) is 90.3 Å². The van der Waals surface area contributed by atoms with E-state index in [-0.39, 0.29) is 17.6 Å². The van der Waals surface area contributed by atoms with Crippen molar-refractivity contribution in [2.45, 2.75) is 12.8 Å². The minimum absolute atomic E-state index is 0.0509. The van der Waals surface area contributed by atoms with Gasteiger partial charge in [0.2, 0.25) is 0 Å². The third kappa shape index (κ3) is 3.86. The van der Waals surface area contributed by atoms with Gasteiger partial charge in [-0.1, -0.05) is 54.6 Å². The van der Waals surface area contributed by atoms with Crippen molar-refractivity contribution in [3.8, 4) is 11.1 Å². The number of piperidine rings is 1. The molecule has 140 valence electrons. The Morgan fingerprint density at radius 2 is 1.61 bits per heavy atom. The van der Waals surface area contributed by atoms with Gasteiger partial charge < -0.3 is 4.90 Å². The lowest BCUT2D eigenvalue weighted by molar-refractivity contribution is 0.0636. The highest BCUT2D eigenvalue weighted by atomic mass is 16.2. The van der Waals surface area contributed by atoms with E-state index in [1.807, 2.05) is 42.5 Å². The molecule has 1 atom stereocenters. The van der Waals surface area contributed by atoms with Gasteiger partial charge in [-0.15, -0.1) is 0 Å². The highest BCUT2D eigenvalue weighted by molar-refractivity contribution is 5.99. The molecule has 2 aromatic carbocycles. The smallest absolute Gasteiger partial charge is 0.255 e. The maximum atomic E-state index is 13.0. The Kier molecular flexibility index (Phi) is 5.29. The summed E-state index contributed by atoms with van der Waals surface area (Å²) in [5.41, 5.74) is 3.50. The minimum atomic E-state index is -0.156. The zero-order valence-electron chi connectivity index (χ0n) is 15.6. The number of pyridine rings is 1. The van der Waals surface area contributed by atoms with Crippen molar-refractivity contribution in [1.82, 2.24) is 9.88 Å². The van der Waals surface area contributed by atoms with Crippen molar-refractivity contribution in [1.29, 1.82) is 0 Å². The lowest BCUT2D eigenvalue weighted by Crippen LogP contribution is -2.42. The van der Waals surface area contributed by atoms with Gasteiger partial charge in [0.15, 0.2) is 5.78 Å². The molecule has 4 heteroatoms. The lowest BCUT2D eigenvalue weighted by Gasteiger charge is -2.32. The number of carbonyl (C=O) groups is 2. The fraction of sp³-hybridized carbons (Fsp3) is 0.208. The first-order chi connectivity index (χ1) is 13.7. The molecule has 1 aliphatic rings. The number of likely N-dealkylation sites (tertiary alicyclic amines) is 1. The van der Waals surface area contributed by atoms with Crippen LogP contribution < -0.4 is 0 Å². The third-order valence-electron chi connectivity index (χ3n) is 5.26. The molecule has 1 amide bonds. The molecule has 0 N–H and O–H groups in total. The quantitative estimate of drug-likeness (QED) is 0.636. The van der Waals surface area contributed by atoms with E-state index in [0.29, 0.717) is 24.2 Å². The van der Waals surface area contributed by atoms with Gasteiger partial charge in [0.1, 0.15) is 0 Å². The summed E-state index contributed by atoms with van der Waals surface area (Å²) in [7, 11) is 0. The maximum Gasteiger partial charge on any atom is 0.255 e. The number of rotatable bonds is 4. The second kappa shape index (κ2) is 8.17. The van der Waals surface area contributed by atoms with Crippen molar-refractivity contribution in [2.24, 2.45) is 5.92 Å². The van der Waals surface area contributed by atoms with Crippen molar-refractivity contribution >= 4 is 11.7 Å². The van der Waals surface area contributed by atoms with Gasteiger partial charge in [0, 0.05) is 37.0 Å². The molecule has 1 fully saturated rings. The molecule has 0 spiro atoms. The van der Waals surface area contributed by atoms with Crippen LogP contribution in [-0.2, 0) is 0 Å². The summed E-state index contributed by atoms with van der Waals surface area (Å²) >= 11 is 0. The largest absolute Gasteiger partial charge is 0.338 e. The molecule has 2 heterocycles. The van der Waals surface area contributed by atoms with Crippen molar-refractivity contribution in [2.75, 3.05) is 13.1 Å². The molecule has 0 bridgehead atoms. The monoisotopic (exact) mass is 370 g/mol. The van der Waals surface area contributed by atoms with E-state index in [4.69, 9.17) is 0 Å². The second-order valence-electron chi connectivity index (χ2n) is 7.14. The molecule has 0 radical (unpaired) electrons. The van der Waals surface area contributed by atoms with Crippen LogP contribution in [-0.4, -0.2) is 34.7 Å². The first-order valence-corrected chi connectivity index (χ1v) is 9.61. The van der Waals surface area contributed by atoms with Crippen LogP contribution in [0.4, 0.5) is 0 Å². The van der Waals surface area contributed by atoms with Crippen LogP contribution >= 0.6 is 0 Å². The normalized spacial score (nSPS) is 16.6. The average molecular weight is 370 g/mol. The molecule has 0 saturated carbocycles. The average Bonchev–Trinajstić information content (AvgIpc) is 2.79. The van der Waals surface area contributed by atoms with Crippen molar-refractivity contribution in [3.63, 3.8) is 0 Å². The van der Waals surface area contributed by atoms with Crippen LogP contribution in [0.2, 0.25) is 0 Å². The van der Waals surface area contributed by atoms with Gasteiger partial charge in [0.05, 0.1) is 5.56 Å². The molecule has 0 unspecified atom stereocenters. The summed E-state index contributed by atoms with van der Waals surface area (Å²) in [4.78, 5) is 31.5. The Morgan fingerprint density at radius 3 is 2.32 bits per heavy atom. The van der Waals surface area contributed by atoms with Gasteiger partial charge in [-0.05, 0) is 36.1 Å². The third-order valence-corrected chi connectivity index (χ3v) is 5.26. The standard InChI is InChI=1S/C24H22N2O2/c27-23(20-12-10-19(11-13-20)18-6-2-1-3-7-18)22-9-5-15-26(17-22)24(28)21-8-4-14-25-16-21/h1-4,6-8,10-14,16,22H,5,9,15,17H2/t22-/m0/s1. The van der Waals surface area contributed by atoms with Crippen LogP contribution in [0.25, 0.3) is 11.1 Å². The summed E-state index contributed by atoms with van der Waals surface area (Å²) < 4.78 is 0. The van der Waals surface area contributed by atoms with Crippen LogP contribution in [0.3, 0.4) is 0 Å². The molecule has 4 rings (SSSR count). The lowest BCUT2D eigenvalue weighted by atomic mass is 9.89. The summed E-state index contributed by atoms with van der Waals surface area (Å²) in [6, 6.07) is 21.4. The van der Waals surface area contributed by atoms with E-state index >= 15 is 0 Å². The van der Waals surface area contributed by atoms with Crippen LogP contribution in [0.5, 0.6) is 0 Å². The number of carbonyl (C=O) groups excluding carboxylic acids is 2. The number of amides is 1. The van der Waals surface area contributed by atoms with Crippen LogP contribution in [0, 0.1) is 5.92 Å². The topological polar surface area (TPSA) is 50.3 Å². The molecule has 0 aliphatic carbocycles. The first kappa shape index (κ1) is 18.1. The molecular formula is C24H22N2O2. The molecular weight excluding hydrogens is 348 g/mol.